The highest BCUT2D eigenvalue weighted by Crippen LogP contribution is 2.35. The van der Waals surface area contributed by atoms with Crippen LogP contribution in [-0.4, -0.2) is 23.7 Å². The van der Waals surface area contributed by atoms with Crippen LogP contribution in [-0.2, 0) is 14.3 Å². The first kappa shape index (κ1) is 18.9. The summed E-state index contributed by atoms with van der Waals surface area (Å²) in [5.74, 6) is -1.47. The minimum atomic E-state index is -3.20. The normalized spacial score (nSPS) is 12.3. The predicted octanol–water partition coefficient (Wildman–Crippen LogP) is 3.79. The molecule has 0 radical (unpaired) electrons. The number of alkyl halides is 2. The molecule has 0 heterocycles. The molecule has 2 rings (SSSR count). The topological polar surface area (TPSA) is 55.4 Å². The van der Waals surface area contributed by atoms with Gasteiger partial charge in [-0.05, 0) is 12.1 Å². The van der Waals surface area contributed by atoms with Gasteiger partial charge in [0.2, 0.25) is 6.10 Å². The molecule has 2 aromatic carbocycles. The Morgan fingerprint density at radius 1 is 1.08 bits per heavy atom. The second kappa shape index (κ2) is 8.62. The lowest BCUT2D eigenvalue weighted by atomic mass is 10.1. The highest BCUT2D eigenvalue weighted by Gasteiger charge is 2.33. The highest BCUT2D eigenvalue weighted by atomic mass is 32.2. The SMILES string of the molecule is CC(=O)OC(C(=O)NCC(F)(F)Sc1ccccc1)c1ccccc1. The Balaban J connectivity index is 2.01. The Bertz CT molecular complexity index is 711. The number of benzene rings is 2. The van der Waals surface area contributed by atoms with Gasteiger partial charge in [0.15, 0.2) is 0 Å². The third-order valence-electron chi connectivity index (χ3n) is 3.10. The zero-order valence-electron chi connectivity index (χ0n) is 13.4. The van der Waals surface area contributed by atoms with E-state index in [9.17, 15) is 18.4 Å². The van der Waals surface area contributed by atoms with E-state index in [0.29, 0.717) is 22.2 Å². The average Bonchev–Trinajstić information content (AvgIpc) is 2.59. The number of esters is 1. The van der Waals surface area contributed by atoms with Crippen LogP contribution in [0.2, 0.25) is 0 Å². The van der Waals surface area contributed by atoms with Gasteiger partial charge < -0.3 is 10.1 Å². The molecule has 2 aromatic rings. The maximum Gasteiger partial charge on any atom is 0.315 e. The van der Waals surface area contributed by atoms with E-state index in [0.717, 1.165) is 6.92 Å². The molecule has 0 fully saturated rings. The summed E-state index contributed by atoms with van der Waals surface area (Å²) in [6.45, 7) is 0.277. The van der Waals surface area contributed by atoms with Crippen molar-refractivity contribution in [2.24, 2.45) is 0 Å². The Morgan fingerprint density at radius 2 is 1.64 bits per heavy atom. The summed E-state index contributed by atoms with van der Waals surface area (Å²) in [5.41, 5.74) is 0.411. The number of amides is 1. The minimum absolute atomic E-state index is 0.353. The highest BCUT2D eigenvalue weighted by molar-refractivity contribution is 8.00. The van der Waals surface area contributed by atoms with Crippen LogP contribution in [0, 0.1) is 0 Å². The van der Waals surface area contributed by atoms with Crippen molar-refractivity contribution >= 4 is 23.6 Å². The maximum atomic E-state index is 14.0. The number of nitrogens with one attached hydrogen (secondary N) is 1. The Kier molecular flexibility index (Phi) is 6.52. The third-order valence-corrected chi connectivity index (χ3v) is 4.05. The molecule has 0 saturated heterocycles. The molecule has 0 bridgehead atoms. The number of hydrogen-bond acceptors (Lipinski definition) is 4. The maximum absolute atomic E-state index is 14.0. The van der Waals surface area contributed by atoms with E-state index in [4.69, 9.17) is 4.74 Å². The van der Waals surface area contributed by atoms with Crippen molar-refractivity contribution < 1.29 is 23.1 Å². The van der Waals surface area contributed by atoms with Gasteiger partial charge in [-0.25, -0.2) is 0 Å². The van der Waals surface area contributed by atoms with Crippen LogP contribution < -0.4 is 5.32 Å². The predicted molar refractivity (Wildman–Crippen MR) is 91.2 cm³/mol. The van der Waals surface area contributed by atoms with Gasteiger partial charge in [0.05, 0.1) is 6.54 Å². The van der Waals surface area contributed by atoms with Gasteiger partial charge in [-0.1, -0.05) is 60.3 Å². The van der Waals surface area contributed by atoms with Crippen LogP contribution in [0.25, 0.3) is 0 Å². The number of carbonyl (C=O) groups excluding carboxylic acids is 2. The van der Waals surface area contributed by atoms with Crippen LogP contribution in [0.15, 0.2) is 65.6 Å². The largest absolute Gasteiger partial charge is 0.447 e. The van der Waals surface area contributed by atoms with Crippen LogP contribution in [0.3, 0.4) is 0 Å². The smallest absolute Gasteiger partial charge is 0.315 e. The van der Waals surface area contributed by atoms with Crippen molar-refractivity contribution in [1.29, 1.82) is 0 Å². The van der Waals surface area contributed by atoms with Gasteiger partial charge in [-0.3, -0.25) is 9.59 Å². The average molecular weight is 365 g/mol. The monoisotopic (exact) mass is 365 g/mol. The van der Waals surface area contributed by atoms with Gasteiger partial charge in [0.1, 0.15) is 0 Å². The standard InChI is InChI=1S/C18H17F2NO3S/c1-13(22)24-16(14-8-4-2-5-9-14)17(23)21-12-18(19,20)25-15-10-6-3-7-11-15/h2-11,16H,12H2,1H3,(H,21,23). The quantitative estimate of drug-likeness (QED) is 0.599. The lowest BCUT2D eigenvalue weighted by Gasteiger charge is -2.20. The van der Waals surface area contributed by atoms with E-state index in [1.165, 1.54) is 0 Å². The molecule has 0 aliphatic rings. The Hall–Kier alpha value is -2.41. The molecular weight excluding hydrogens is 348 g/mol. The molecule has 1 unspecified atom stereocenters. The molecule has 4 nitrogen and oxygen atoms in total. The van der Waals surface area contributed by atoms with E-state index in [1.54, 1.807) is 60.7 Å². The first-order valence-corrected chi connectivity index (χ1v) is 8.31. The molecule has 0 aliphatic heterocycles. The molecule has 132 valence electrons. The van der Waals surface area contributed by atoms with Crippen molar-refractivity contribution in [2.75, 3.05) is 6.54 Å². The second-order valence-electron chi connectivity index (χ2n) is 5.17. The molecule has 0 saturated carbocycles. The van der Waals surface area contributed by atoms with Gasteiger partial charge in [0, 0.05) is 17.4 Å². The number of thioether (sulfide) groups is 1. The lowest BCUT2D eigenvalue weighted by Crippen LogP contribution is -2.38. The fraction of sp³-hybridized carbons (Fsp3) is 0.222. The lowest BCUT2D eigenvalue weighted by molar-refractivity contribution is -0.154. The summed E-state index contributed by atoms with van der Waals surface area (Å²) in [4.78, 5) is 23.9. The molecule has 0 aromatic heterocycles. The van der Waals surface area contributed by atoms with Crippen LogP contribution in [0.1, 0.15) is 18.6 Å². The van der Waals surface area contributed by atoms with Crippen LogP contribution in [0.5, 0.6) is 0 Å². The zero-order valence-corrected chi connectivity index (χ0v) is 14.3. The van der Waals surface area contributed by atoms with Crippen LogP contribution in [0.4, 0.5) is 8.78 Å². The molecule has 0 spiro atoms. The molecule has 1 amide bonds. The zero-order chi connectivity index (χ0) is 18.3. The summed E-state index contributed by atoms with van der Waals surface area (Å²) in [7, 11) is 0. The summed E-state index contributed by atoms with van der Waals surface area (Å²) in [5, 5.41) is -1.04. The van der Waals surface area contributed by atoms with Gasteiger partial charge in [-0.15, -0.1) is 0 Å². The number of rotatable bonds is 7. The van der Waals surface area contributed by atoms with Crippen molar-refractivity contribution in [1.82, 2.24) is 5.32 Å². The van der Waals surface area contributed by atoms with E-state index < -0.39 is 29.8 Å². The molecule has 1 atom stereocenters. The van der Waals surface area contributed by atoms with Crippen molar-refractivity contribution in [3.63, 3.8) is 0 Å². The summed E-state index contributed by atoms with van der Waals surface area (Å²) in [6.07, 6.45) is -1.27. The van der Waals surface area contributed by atoms with E-state index in [1.807, 2.05) is 0 Å². The number of halogens is 2. The Labute approximate surface area is 148 Å². The fourth-order valence-corrected chi connectivity index (χ4v) is 2.83. The van der Waals surface area contributed by atoms with Gasteiger partial charge in [-0.2, -0.15) is 8.78 Å². The van der Waals surface area contributed by atoms with E-state index in [2.05, 4.69) is 5.32 Å². The molecule has 25 heavy (non-hydrogen) atoms. The number of ether oxygens (including phenoxy) is 1. The third kappa shape index (κ3) is 6.19. The molecule has 0 aliphatic carbocycles. The van der Waals surface area contributed by atoms with Crippen molar-refractivity contribution in [3.05, 3.63) is 66.2 Å². The number of carbonyl (C=O) groups is 2. The molecule has 1 N–H and O–H groups in total. The first-order valence-electron chi connectivity index (χ1n) is 7.49. The summed E-state index contributed by atoms with van der Waals surface area (Å²) >= 11 is 0.353. The second-order valence-corrected chi connectivity index (χ2v) is 6.44. The van der Waals surface area contributed by atoms with Crippen molar-refractivity contribution in [3.8, 4) is 0 Å². The van der Waals surface area contributed by atoms with Crippen LogP contribution >= 0.6 is 11.8 Å². The fourth-order valence-electron chi connectivity index (χ4n) is 2.05. The summed E-state index contributed by atoms with van der Waals surface area (Å²) < 4.78 is 33.1. The van der Waals surface area contributed by atoms with Crippen molar-refractivity contribution in [2.45, 2.75) is 23.2 Å². The van der Waals surface area contributed by atoms with Gasteiger partial charge in [0.25, 0.3) is 5.91 Å². The van der Waals surface area contributed by atoms with E-state index in [-0.39, 0.29) is 0 Å². The number of hydrogen-bond donors (Lipinski definition) is 1. The molecular formula is C18H17F2NO3S. The molecule has 7 heteroatoms. The van der Waals surface area contributed by atoms with E-state index >= 15 is 0 Å². The Morgan fingerprint density at radius 3 is 2.20 bits per heavy atom. The first-order chi connectivity index (χ1) is 11.9. The minimum Gasteiger partial charge on any atom is -0.447 e. The summed E-state index contributed by atoms with van der Waals surface area (Å²) in [6, 6.07) is 16.4. The van der Waals surface area contributed by atoms with Gasteiger partial charge >= 0.3 is 11.2 Å².